The van der Waals surface area contributed by atoms with Crippen LogP contribution in [-0.2, 0) is 12.1 Å². The lowest BCUT2D eigenvalue weighted by Crippen LogP contribution is -2.33. The van der Waals surface area contributed by atoms with Gasteiger partial charge in [-0.25, -0.2) is 9.67 Å². The van der Waals surface area contributed by atoms with Gasteiger partial charge < -0.3 is 5.11 Å². The van der Waals surface area contributed by atoms with Gasteiger partial charge in [0.25, 0.3) is 0 Å². The second-order valence-electron chi connectivity index (χ2n) is 4.42. The monoisotopic (exact) mass is 340 g/mol. The van der Waals surface area contributed by atoms with Crippen molar-refractivity contribution in [3.63, 3.8) is 0 Å². The molecule has 3 aromatic rings. The lowest BCUT2D eigenvalue weighted by Gasteiger charge is -2.26. The Kier molecular flexibility index (Phi) is 3.95. The van der Waals surface area contributed by atoms with Gasteiger partial charge in [0, 0.05) is 11.1 Å². The molecule has 1 unspecified atom stereocenters. The second-order valence-corrected chi connectivity index (χ2v) is 6.57. The minimum absolute atomic E-state index is 0.179. The summed E-state index contributed by atoms with van der Waals surface area (Å²) in [5, 5.41) is 15.7. The maximum atomic E-state index is 11.2. The van der Waals surface area contributed by atoms with E-state index in [1.807, 2.05) is 0 Å². The first kappa shape index (κ1) is 14.5. The van der Waals surface area contributed by atoms with Crippen molar-refractivity contribution in [2.24, 2.45) is 0 Å². The Balaban J connectivity index is 2.07. The number of aliphatic hydroxyl groups is 1. The smallest absolute Gasteiger partial charge is 0.160 e. The van der Waals surface area contributed by atoms with Gasteiger partial charge in [-0.05, 0) is 24.3 Å². The van der Waals surface area contributed by atoms with Gasteiger partial charge in [0.2, 0.25) is 0 Å². The van der Waals surface area contributed by atoms with E-state index >= 15 is 0 Å². The third-order valence-electron chi connectivity index (χ3n) is 2.99. The van der Waals surface area contributed by atoms with E-state index in [-0.39, 0.29) is 6.54 Å². The number of nitrogens with zero attached hydrogens (tertiary/aromatic N) is 4. The predicted octanol–water partition coefficient (Wildman–Crippen LogP) is 2.98. The van der Waals surface area contributed by atoms with Gasteiger partial charge in [-0.1, -0.05) is 23.2 Å². The van der Waals surface area contributed by atoms with Crippen LogP contribution in [0.5, 0.6) is 0 Å². The molecule has 0 aromatic carbocycles. The number of thiophene rings is 1. The molecule has 0 amide bonds. The van der Waals surface area contributed by atoms with Crippen LogP contribution in [0.25, 0.3) is 0 Å². The average molecular weight is 341 g/mol. The molecule has 0 aliphatic rings. The second kappa shape index (κ2) is 5.73. The Labute approximate surface area is 134 Å². The molecule has 1 atom stereocenters. The molecule has 0 saturated carbocycles. The molecule has 5 nitrogen and oxygen atoms in total. The molecule has 8 heteroatoms. The van der Waals surface area contributed by atoms with Gasteiger partial charge in [0.1, 0.15) is 12.7 Å². The first-order valence-electron chi connectivity index (χ1n) is 6.00. The topological polar surface area (TPSA) is 63.8 Å². The van der Waals surface area contributed by atoms with Crippen LogP contribution in [-0.4, -0.2) is 24.9 Å². The van der Waals surface area contributed by atoms with E-state index in [0.717, 1.165) is 0 Å². The quantitative estimate of drug-likeness (QED) is 0.792. The van der Waals surface area contributed by atoms with Crippen LogP contribution < -0.4 is 0 Å². The van der Waals surface area contributed by atoms with Gasteiger partial charge in [0.05, 0.1) is 21.6 Å². The van der Waals surface area contributed by atoms with Crippen molar-refractivity contribution in [3.8, 4) is 0 Å². The molecule has 3 aromatic heterocycles. The molecule has 0 aliphatic heterocycles. The summed E-state index contributed by atoms with van der Waals surface area (Å²) in [4.78, 5) is 8.80. The fraction of sp³-hybridized carbons (Fsp3) is 0.154. The van der Waals surface area contributed by atoms with Gasteiger partial charge >= 0.3 is 0 Å². The van der Waals surface area contributed by atoms with Crippen LogP contribution in [0.2, 0.25) is 9.36 Å². The lowest BCUT2D eigenvalue weighted by molar-refractivity contribution is 0.0565. The minimum atomic E-state index is -1.35. The van der Waals surface area contributed by atoms with Gasteiger partial charge in [-0.15, -0.1) is 11.3 Å². The lowest BCUT2D eigenvalue weighted by atomic mass is 9.97. The first-order chi connectivity index (χ1) is 10.1. The molecule has 0 aliphatic carbocycles. The van der Waals surface area contributed by atoms with Crippen molar-refractivity contribution in [3.05, 3.63) is 63.0 Å². The van der Waals surface area contributed by atoms with Gasteiger partial charge in [0.15, 0.2) is 5.60 Å². The van der Waals surface area contributed by atoms with Gasteiger partial charge in [-0.3, -0.25) is 4.98 Å². The molecule has 0 bridgehead atoms. The number of rotatable bonds is 4. The van der Waals surface area contributed by atoms with Crippen LogP contribution in [0.3, 0.4) is 0 Å². The Morgan fingerprint density at radius 2 is 2.10 bits per heavy atom. The highest BCUT2D eigenvalue weighted by atomic mass is 35.5. The van der Waals surface area contributed by atoms with Crippen LogP contribution in [0.4, 0.5) is 0 Å². The van der Waals surface area contributed by atoms with Crippen molar-refractivity contribution in [2.75, 3.05) is 0 Å². The minimum Gasteiger partial charge on any atom is -0.376 e. The summed E-state index contributed by atoms with van der Waals surface area (Å²) in [5.74, 6) is 0. The molecule has 0 spiro atoms. The Bertz CT molecular complexity index is 729. The highest BCUT2D eigenvalue weighted by molar-refractivity contribution is 7.16. The molecule has 0 saturated heterocycles. The van der Waals surface area contributed by atoms with E-state index in [2.05, 4.69) is 15.1 Å². The number of pyridine rings is 1. The molecular formula is C13H10Cl2N4OS. The normalized spacial score (nSPS) is 14.0. The van der Waals surface area contributed by atoms with Crippen molar-refractivity contribution < 1.29 is 5.11 Å². The van der Waals surface area contributed by atoms with E-state index in [1.165, 1.54) is 30.2 Å². The van der Waals surface area contributed by atoms with Crippen LogP contribution >= 0.6 is 34.5 Å². The zero-order valence-electron chi connectivity index (χ0n) is 10.6. The number of aromatic nitrogens is 4. The summed E-state index contributed by atoms with van der Waals surface area (Å²) in [6.45, 7) is 0.179. The third-order valence-corrected chi connectivity index (χ3v) is 4.60. The summed E-state index contributed by atoms with van der Waals surface area (Å²) in [6.07, 6.45) is 4.45. The predicted molar refractivity (Wildman–Crippen MR) is 81.6 cm³/mol. The SMILES string of the molecule is OC(Cn1cncn1)(c1ccc(Cl)cn1)c1ccc(Cl)s1. The van der Waals surface area contributed by atoms with Crippen molar-refractivity contribution in [1.82, 2.24) is 19.7 Å². The maximum Gasteiger partial charge on any atom is 0.160 e. The summed E-state index contributed by atoms with van der Waals surface area (Å²) < 4.78 is 2.14. The number of halogens is 2. The van der Waals surface area contributed by atoms with Crippen molar-refractivity contribution in [1.29, 1.82) is 0 Å². The Hall–Kier alpha value is -1.47. The Morgan fingerprint density at radius 1 is 1.24 bits per heavy atom. The van der Waals surface area contributed by atoms with Crippen molar-refractivity contribution >= 4 is 34.5 Å². The van der Waals surface area contributed by atoms with E-state index in [9.17, 15) is 5.11 Å². The summed E-state index contributed by atoms with van der Waals surface area (Å²) in [5.41, 5.74) is -0.878. The number of hydrogen-bond acceptors (Lipinski definition) is 5. The van der Waals surface area contributed by atoms with E-state index in [1.54, 1.807) is 28.9 Å². The summed E-state index contributed by atoms with van der Waals surface area (Å²) in [7, 11) is 0. The highest BCUT2D eigenvalue weighted by Gasteiger charge is 2.35. The van der Waals surface area contributed by atoms with Crippen LogP contribution in [0.1, 0.15) is 10.6 Å². The summed E-state index contributed by atoms with van der Waals surface area (Å²) in [6, 6.07) is 6.89. The molecule has 0 fully saturated rings. The molecule has 0 radical (unpaired) electrons. The van der Waals surface area contributed by atoms with E-state index in [4.69, 9.17) is 23.2 Å². The van der Waals surface area contributed by atoms with Crippen molar-refractivity contribution in [2.45, 2.75) is 12.1 Å². The van der Waals surface area contributed by atoms with E-state index < -0.39 is 5.60 Å². The fourth-order valence-corrected chi connectivity index (χ4v) is 3.24. The Morgan fingerprint density at radius 3 is 2.67 bits per heavy atom. The van der Waals surface area contributed by atoms with Crippen LogP contribution in [0.15, 0.2) is 43.1 Å². The fourth-order valence-electron chi connectivity index (χ4n) is 1.99. The highest BCUT2D eigenvalue weighted by Crippen LogP contribution is 2.36. The third kappa shape index (κ3) is 2.94. The zero-order valence-corrected chi connectivity index (χ0v) is 13.0. The summed E-state index contributed by atoms with van der Waals surface area (Å²) >= 11 is 13.2. The molecule has 1 N–H and O–H groups in total. The molecule has 3 rings (SSSR count). The zero-order chi connectivity index (χ0) is 14.9. The molecule has 21 heavy (non-hydrogen) atoms. The molecule has 108 valence electrons. The van der Waals surface area contributed by atoms with Gasteiger partial charge in [-0.2, -0.15) is 5.10 Å². The maximum absolute atomic E-state index is 11.2. The largest absolute Gasteiger partial charge is 0.376 e. The molecular weight excluding hydrogens is 331 g/mol. The van der Waals surface area contributed by atoms with E-state index in [0.29, 0.717) is 19.9 Å². The average Bonchev–Trinajstić information content (AvgIpc) is 3.11. The number of hydrogen-bond donors (Lipinski definition) is 1. The van der Waals surface area contributed by atoms with Crippen LogP contribution in [0, 0.1) is 0 Å². The standard InChI is InChI=1S/C13H10Cl2N4OS/c14-9-1-2-10(17-5-9)13(20,6-19-8-16-7-18-19)11-3-4-12(15)21-11/h1-5,7-8,20H,6H2. The molecule has 3 heterocycles. The first-order valence-corrected chi connectivity index (χ1v) is 7.58.